The fourth-order valence-corrected chi connectivity index (χ4v) is 3.71. The summed E-state index contributed by atoms with van der Waals surface area (Å²) in [5.41, 5.74) is 6.03. The van der Waals surface area contributed by atoms with Crippen LogP contribution in [-0.4, -0.2) is 44.0 Å². The van der Waals surface area contributed by atoms with Crippen LogP contribution in [0.3, 0.4) is 0 Å². The number of nitrogens with two attached hydrogens (primary N) is 1. The van der Waals surface area contributed by atoms with Gasteiger partial charge in [0.15, 0.2) is 5.82 Å². The van der Waals surface area contributed by atoms with E-state index in [1.165, 1.54) is 6.07 Å². The maximum Gasteiger partial charge on any atom is 0.335 e. The number of carboxylic acid groups (broad SMARTS) is 1. The van der Waals surface area contributed by atoms with Crippen LogP contribution in [0.1, 0.15) is 47.2 Å². The molecule has 1 aromatic carbocycles. The molecule has 3 atom stereocenters. The molecule has 2 aliphatic heterocycles. The van der Waals surface area contributed by atoms with Crippen LogP contribution in [0.4, 0.5) is 0 Å². The lowest BCUT2D eigenvalue weighted by atomic mass is 9.88. The Labute approximate surface area is 143 Å². The highest BCUT2D eigenvalue weighted by Crippen LogP contribution is 2.44. The zero-order valence-electron chi connectivity index (χ0n) is 13.5. The molecule has 0 unspecified atom stereocenters. The Bertz CT molecular complexity index is 847. The van der Waals surface area contributed by atoms with Gasteiger partial charge in [-0.05, 0) is 37.5 Å². The maximum absolute atomic E-state index is 11.3. The van der Waals surface area contributed by atoms with Gasteiger partial charge < -0.3 is 15.6 Å². The summed E-state index contributed by atoms with van der Waals surface area (Å²) in [6, 6.07) is 6.50. The van der Waals surface area contributed by atoms with Crippen molar-refractivity contribution >= 4 is 11.9 Å². The lowest BCUT2D eigenvalue weighted by Gasteiger charge is -2.18. The summed E-state index contributed by atoms with van der Waals surface area (Å²) in [5.74, 6) is -0.394. The van der Waals surface area contributed by atoms with Crippen molar-refractivity contribution in [1.82, 2.24) is 14.8 Å². The molecular weight excluding hydrogens is 324 g/mol. The van der Waals surface area contributed by atoms with E-state index < -0.39 is 11.9 Å². The van der Waals surface area contributed by atoms with Crippen LogP contribution in [0.2, 0.25) is 0 Å². The minimum absolute atomic E-state index is 0.0553. The van der Waals surface area contributed by atoms with Gasteiger partial charge in [-0.15, -0.1) is 0 Å². The van der Waals surface area contributed by atoms with Crippen molar-refractivity contribution in [3.05, 3.63) is 41.5 Å². The predicted molar refractivity (Wildman–Crippen MR) is 86.5 cm³/mol. The number of carbonyl (C=O) groups is 2. The van der Waals surface area contributed by atoms with E-state index in [2.05, 4.69) is 10.1 Å². The van der Waals surface area contributed by atoms with E-state index in [0.717, 1.165) is 19.3 Å². The van der Waals surface area contributed by atoms with Crippen molar-refractivity contribution in [1.29, 1.82) is 0 Å². The number of carboxylic acids is 1. The number of aromatic carboxylic acids is 1. The fourth-order valence-electron chi connectivity index (χ4n) is 3.71. The third-order valence-electron chi connectivity index (χ3n) is 4.78. The predicted octanol–water partition coefficient (Wildman–Crippen LogP) is 1.03. The summed E-state index contributed by atoms with van der Waals surface area (Å²) in [5, 5.41) is 13.6. The molecule has 2 aromatic rings. The Morgan fingerprint density at radius 2 is 2.20 bits per heavy atom. The number of benzene rings is 1. The summed E-state index contributed by atoms with van der Waals surface area (Å²) in [4.78, 5) is 27.0. The van der Waals surface area contributed by atoms with Crippen molar-refractivity contribution in [2.75, 3.05) is 0 Å². The molecule has 0 saturated carbocycles. The monoisotopic (exact) mass is 342 g/mol. The Morgan fingerprint density at radius 3 is 2.84 bits per heavy atom. The van der Waals surface area contributed by atoms with E-state index in [4.69, 9.17) is 10.5 Å². The fraction of sp³-hybridized carbons (Fsp3) is 0.412. The Balaban J connectivity index is 1.77. The average Bonchev–Trinajstić information content (AvgIpc) is 3.29. The summed E-state index contributed by atoms with van der Waals surface area (Å²) >= 11 is 0. The Morgan fingerprint density at radius 1 is 1.36 bits per heavy atom. The number of fused-ring (bicyclic) bond motifs is 2. The third-order valence-corrected chi connectivity index (χ3v) is 4.78. The van der Waals surface area contributed by atoms with Crippen molar-refractivity contribution < 1.29 is 19.4 Å². The number of aromatic nitrogens is 3. The van der Waals surface area contributed by atoms with Crippen LogP contribution < -0.4 is 5.73 Å². The van der Waals surface area contributed by atoms with Gasteiger partial charge in [-0.1, -0.05) is 6.07 Å². The molecule has 1 aromatic heterocycles. The molecule has 2 fully saturated rings. The molecule has 4 rings (SSSR count). The number of amides is 1. The van der Waals surface area contributed by atoms with Crippen molar-refractivity contribution in [3.8, 4) is 5.69 Å². The Hall–Kier alpha value is -2.74. The minimum atomic E-state index is -1.01. The summed E-state index contributed by atoms with van der Waals surface area (Å²) < 4.78 is 7.54. The van der Waals surface area contributed by atoms with Crippen LogP contribution in [0.15, 0.2) is 24.3 Å². The highest BCUT2D eigenvalue weighted by atomic mass is 16.5. The van der Waals surface area contributed by atoms with Crippen LogP contribution >= 0.6 is 0 Å². The second-order valence-electron chi connectivity index (χ2n) is 6.51. The first-order valence-electron chi connectivity index (χ1n) is 8.24. The van der Waals surface area contributed by atoms with E-state index in [1.807, 2.05) is 0 Å². The minimum Gasteiger partial charge on any atom is -0.478 e. The summed E-state index contributed by atoms with van der Waals surface area (Å²) in [6.07, 6.45) is 3.17. The first-order chi connectivity index (χ1) is 12.0. The SMILES string of the molecule is NC(=O)Cc1nc([C@H]2C[C@@H]3CC[C@H]2O3)n(-c2cccc(C(=O)O)c2)n1. The lowest BCUT2D eigenvalue weighted by molar-refractivity contribution is -0.117. The number of nitrogens with zero attached hydrogens (tertiary/aromatic N) is 3. The van der Waals surface area contributed by atoms with Gasteiger partial charge in [-0.3, -0.25) is 4.79 Å². The van der Waals surface area contributed by atoms with Crippen LogP contribution in [0, 0.1) is 0 Å². The largest absolute Gasteiger partial charge is 0.478 e. The molecule has 0 spiro atoms. The van der Waals surface area contributed by atoms with Gasteiger partial charge in [0.25, 0.3) is 0 Å². The maximum atomic E-state index is 11.3. The van der Waals surface area contributed by atoms with Crippen molar-refractivity contribution in [2.45, 2.75) is 43.8 Å². The quantitative estimate of drug-likeness (QED) is 0.837. The van der Waals surface area contributed by atoms with Crippen molar-refractivity contribution in [3.63, 3.8) is 0 Å². The van der Waals surface area contributed by atoms with Gasteiger partial charge in [0, 0.05) is 5.92 Å². The molecule has 0 radical (unpaired) electrons. The smallest absolute Gasteiger partial charge is 0.335 e. The van der Waals surface area contributed by atoms with Gasteiger partial charge in [0.1, 0.15) is 5.82 Å². The molecule has 3 N–H and O–H groups in total. The molecule has 2 aliphatic rings. The first-order valence-corrected chi connectivity index (χ1v) is 8.24. The summed E-state index contributed by atoms with van der Waals surface area (Å²) in [6.45, 7) is 0. The third kappa shape index (κ3) is 2.89. The van der Waals surface area contributed by atoms with Gasteiger partial charge >= 0.3 is 5.97 Å². The Kier molecular flexibility index (Phi) is 3.76. The molecule has 8 nitrogen and oxygen atoms in total. The molecule has 2 saturated heterocycles. The van der Waals surface area contributed by atoms with Crippen LogP contribution in [0.5, 0.6) is 0 Å². The van der Waals surface area contributed by atoms with E-state index in [-0.39, 0.29) is 30.1 Å². The van der Waals surface area contributed by atoms with E-state index in [0.29, 0.717) is 17.3 Å². The lowest BCUT2D eigenvalue weighted by Crippen LogP contribution is -2.19. The van der Waals surface area contributed by atoms with Gasteiger partial charge in [-0.25, -0.2) is 14.5 Å². The molecule has 2 bridgehead atoms. The number of carbonyl (C=O) groups excluding carboxylic acids is 1. The van der Waals surface area contributed by atoms with E-state index >= 15 is 0 Å². The van der Waals surface area contributed by atoms with Crippen LogP contribution in [0.25, 0.3) is 5.69 Å². The number of rotatable bonds is 5. The first kappa shape index (κ1) is 15.8. The van der Waals surface area contributed by atoms with E-state index in [9.17, 15) is 14.7 Å². The average molecular weight is 342 g/mol. The van der Waals surface area contributed by atoms with Gasteiger partial charge in [-0.2, -0.15) is 5.10 Å². The van der Waals surface area contributed by atoms with E-state index in [1.54, 1.807) is 22.9 Å². The number of ether oxygens (including phenoxy) is 1. The van der Waals surface area contributed by atoms with Crippen LogP contribution in [-0.2, 0) is 16.0 Å². The molecule has 0 aliphatic carbocycles. The molecule has 130 valence electrons. The number of hydrogen-bond donors (Lipinski definition) is 2. The number of primary amides is 1. The summed E-state index contributed by atoms with van der Waals surface area (Å²) in [7, 11) is 0. The highest BCUT2D eigenvalue weighted by Gasteiger charge is 2.44. The van der Waals surface area contributed by atoms with Crippen molar-refractivity contribution in [2.24, 2.45) is 5.73 Å². The topological polar surface area (TPSA) is 120 Å². The zero-order chi connectivity index (χ0) is 17.6. The standard InChI is InChI=1S/C17H18N4O4/c18-14(22)8-15-19-16(12-7-11-4-5-13(12)25-11)21(20-15)10-3-1-2-9(6-10)17(23)24/h1-3,6,11-13H,4-5,7-8H2,(H2,18,22)(H,23,24)/t11-,12-,13+/m0/s1. The second kappa shape index (κ2) is 5.96. The highest BCUT2D eigenvalue weighted by molar-refractivity contribution is 5.88. The zero-order valence-corrected chi connectivity index (χ0v) is 13.5. The number of hydrogen-bond acceptors (Lipinski definition) is 5. The molecule has 1 amide bonds. The molecule has 8 heteroatoms. The molecule has 25 heavy (non-hydrogen) atoms. The normalized spacial score (nSPS) is 24.6. The second-order valence-corrected chi connectivity index (χ2v) is 6.51. The molecular formula is C17H18N4O4. The molecule has 3 heterocycles. The van der Waals surface area contributed by atoms with Gasteiger partial charge in [0.2, 0.25) is 5.91 Å². The van der Waals surface area contributed by atoms with Gasteiger partial charge in [0.05, 0.1) is 29.9 Å².